The fraction of sp³-hybridized carbons (Fsp3) is 0.176. The number of fused-ring (bicyclic) bond motifs is 1. The van der Waals surface area contributed by atoms with E-state index >= 15 is 0 Å². The number of benzene rings is 2. The molecule has 0 atom stereocenters. The Kier molecular flexibility index (Phi) is 3.78. The molecule has 112 valence electrons. The quantitative estimate of drug-likeness (QED) is 0.914. The third-order valence-electron chi connectivity index (χ3n) is 3.56. The van der Waals surface area contributed by atoms with Gasteiger partial charge in [0, 0.05) is 5.69 Å². The number of nitrogens with zero attached hydrogens (tertiary/aromatic N) is 1. The van der Waals surface area contributed by atoms with Gasteiger partial charge in [-0.3, -0.25) is 14.5 Å². The summed E-state index contributed by atoms with van der Waals surface area (Å²) in [6.45, 7) is 2.20. The molecule has 0 fully saturated rings. The smallest absolute Gasteiger partial charge is 0.246 e. The monoisotopic (exact) mass is 295 g/mol. The van der Waals surface area contributed by atoms with Gasteiger partial charge in [-0.05, 0) is 31.2 Å². The molecule has 0 bridgehead atoms. The van der Waals surface area contributed by atoms with Gasteiger partial charge in [0.1, 0.15) is 6.54 Å². The van der Waals surface area contributed by atoms with Crippen LogP contribution in [0.5, 0.6) is 0 Å². The lowest BCUT2D eigenvalue weighted by Crippen LogP contribution is -2.44. The van der Waals surface area contributed by atoms with Gasteiger partial charge in [0.2, 0.25) is 11.8 Å². The molecule has 2 N–H and O–H groups in total. The molecule has 0 radical (unpaired) electrons. The maximum atomic E-state index is 12.2. The summed E-state index contributed by atoms with van der Waals surface area (Å²) in [5.41, 5.74) is 3.46. The molecule has 1 aliphatic rings. The molecular formula is C17H17N3O2. The van der Waals surface area contributed by atoms with E-state index in [1.807, 2.05) is 55.5 Å². The lowest BCUT2D eigenvalue weighted by Gasteiger charge is -2.29. The first-order valence-electron chi connectivity index (χ1n) is 7.13. The van der Waals surface area contributed by atoms with Crippen LogP contribution in [0.25, 0.3) is 0 Å². The molecule has 0 unspecified atom stereocenters. The second kappa shape index (κ2) is 5.89. The number of hydrogen-bond donors (Lipinski definition) is 2. The molecule has 0 aliphatic carbocycles. The van der Waals surface area contributed by atoms with Gasteiger partial charge in [0.15, 0.2) is 0 Å². The second-order valence-electron chi connectivity index (χ2n) is 5.26. The summed E-state index contributed by atoms with van der Waals surface area (Å²) in [5.74, 6) is -0.327. The van der Waals surface area contributed by atoms with E-state index in [9.17, 15) is 9.59 Å². The van der Waals surface area contributed by atoms with Crippen molar-refractivity contribution in [3.8, 4) is 0 Å². The van der Waals surface area contributed by atoms with Crippen LogP contribution < -0.4 is 15.5 Å². The van der Waals surface area contributed by atoms with Crippen molar-refractivity contribution >= 4 is 28.9 Å². The van der Waals surface area contributed by atoms with Crippen LogP contribution in [0, 0.1) is 6.92 Å². The van der Waals surface area contributed by atoms with E-state index in [0.29, 0.717) is 0 Å². The largest absolute Gasteiger partial charge is 0.374 e. The van der Waals surface area contributed by atoms with Crippen LogP contribution in [0.4, 0.5) is 17.1 Å². The minimum absolute atomic E-state index is 0.00536. The van der Waals surface area contributed by atoms with Gasteiger partial charge in [0.25, 0.3) is 0 Å². The van der Waals surface area contributed by atoms with E-state index in [0.717, 1.165) is 22.6 Å². The van der Waals surface area contributed by atoms with Crippen LogP contribution in [-0.4, -0.2) is 24.9 Å². The van der Waals surface area contributed by atoms with Crippen molar-refractivity contribution < 1.29 is 9.59 Å². The zero-order chi connectivity index (χ0) is 15.5. The number of carbonyl (C=O) groups excluding carboxylic acids is 2. The number of hydrogen-bond acceptors (Lipinski definition) is 3. The van der Waals surface area contributed by atoms with E-state index in [1.54, 1.807) is 0 Å². The maximum Gasteiger partial charge on any atom is 0.246 e. The summed E-state index contributed by atoms with van der Waals surface area (Å²) in [6, 6.07) is 15.0. The van der Waals surface area contributed by atoms with E-state index in [-0.39, 0.29) is 24.9 Å². The molecule has 0 saturated heterocycles. The zero-order valence-corrected chi connectivity index (χ0v) is 12.3. The zero-order valence-electron chi connectivity index (χ0n) is 12.3. The highest BCUT2D eigenvalue weighted by Crippen LogP contribution is 2.28. The van der Waals surface area contributed by atoms with Gasteiger partial charge in [0.05, 0.1) is 17.9 Å². The van der Waals surface area contributed by atoms with Gasteiger partial charge < -0.3 is 10.6 Å². The Morgan fingerprint density at radius 1 is 1.18 bits per heavy atom. The Hall–Kier alpha value is -2.82. The number of anilines is 3. The highest BCUT2D eigenvalue weighted by molar-refractivity contribution is 6.07. The first-order chi connectivity index (χ1) is 10.6. The highest BCUT2D eigenvalue weighted by Gasteiger charge is 2.25. The Labute approximate surface area is 128 Å². The van der Waals surface area contributed by atoms with E-state index in [4.69, 9.17) is 0 Å². The summed E-state index contributed by atoms with van der Waals surface area (Å²) < 4.78 is 0. The second-order valence-corrected chi connectivity index (χ2v) is 5.26. The topological polar surface area (TPSA) is 61.4 Å². The van der Waals surface area contributed by atoms with Crippen LogP contribution in [0.2, 0.25) is 0 Å². The minimum Gasteiger partial charge on any atom is -0.374 e. The van der Waals surface area contributed by atoms with Gasteiger partial charge in [-0.2, -0.15) is 0 Å². The van der Waals surface area contributed by atoms with Gasteiger partial charge in [-0.15, -0.1) is 0 Å². The van der Waals surface area contributed by atoms with Crippen molar-refractivity contribution in [1.82, 2.24) is 0 Å². The minimum atomic E-state index is -0.214. The third kappa shape index (κ3) is 2.93. The molecule has 0 spiro atoms. The molecule has 22 heavy (non-hydrogen) atoms. The molecule has 2 aromatic rings. The predicted molar refractivity (Wildman–Crippen MR) is 87.1 cm³/mol. The van der Waals surface area contributed by atoms with Gasteiger partial charge in [-0.1, -0.05) is 29.8 Å². The van der Waals surface area contributed by atoms with Crippen molar-refractivity contribution in [3.63, 3.8) is 0 Å². The molecule has 2 aromatic carbocycles. The summed E-state index contributed by atoms with van der Waals surface area (Å²) in [6.07, 6.45) is 0. The number of nitrogens with one attached hydrogen (secondary N) is 2. The molecule has 3 rings (SSSR count). The summed E-state index contributed by atoms with van der Waals surface area (Å²) in [7, 11) is 0. The first-order valence-corrected chi connectivity index (χ1v) is 7.13. The standard InChI is InChI=1S/C17H17N3O2/c1-12-6-8-13(9-7-12)19-16(21)11-20-15-5-3-2-4-14(15)18-10-17(20)22/h2-9,18H,10-11H2,1H3,(H,19,21). The number of carbonyl (C=O) groups is 2. The third-order valence-corrected chi connectivity index (χ3v) is 3.56. The molecular weight excluding hydrogens is 278 g/mol. The fourth-order valence-electron chi connectivity index (χ4n) is 2.41. The van der Waals surface area contributed by atoms with Gasteiger partial charge >= 0.3 is 0 Å². The van der Waals surface area contributed by atoms with Crippen LogP contribution in [-0.2, 0) is 9.59 Å². The van der Waals surface area contributed by atoms with E-state index < -0.39 is 0 Å². The Morgan fingerprint density at radius 3 is 2.68 bits per heavy atom. The average molecular weight is 295 g/mol. The van der Waals surface area contributed by atoms with Crippen LogP contribution in [0.3, 0.4) is 0 Å². The average Bonchev–Trinajstić information content (AvgIpc) is 2.52. The molecule has 2 amide bonds. The van der Waals surface area contributed by atoms with E-state index in [2.05, 4.69) is 10.6 Å². The number of rotatable bonds is 3. The number of aryl methyl sites for hydroxylation is 1. The van der Waals surface area contributed by atoms with Crippen LogP contribution in [0.15, 0.2) is 48.5 Å². The van der Waals surface area contributed by atoms with Crippen molar-refractivity contribution in [2.75, 3.05) is 28.6 Å². The van der Waals surface area contributed by atoms with Crippen molar-refractivity contribution in [2.24, 2.45) is 0 Å². The molecule has 0 saturated carbocycles. The Balaban J connectivity index is 1.73. The highest BCUT2D eigenvalue weighted by atomic mass is 16.2. The van der Waals surface area contributed by atoms with Gasteiger partial charge in [-0.25, -0.2) is 0 Å². The maximum absolute atomic E-state index is 12.2. The fourth-order valence-corrected chi connectivity index (χ4v) is 2.41. The van der Waals surface area contributed by atoms with Crippen LogP contribution in [0.1, 0.15) is 5.56 Å². The normalized spacial score (nSPS) is 13.3. The lowest BCUT2D eigenvalue weighted by atomic mass is 10.2. The van der Waals surface area contributed by atoms with Crippen molar-refractivity contribution in [1.29, 1.82) is 0 Å². The predicted octanol–water partition coefficient (Wildman–Crippen LogP) is 2.39. The Morgan fingerprint density at radius 2 is 1.91 bits per heavy atom. The van der Waals surface area contributed by atoms with Crippen LogP contribution >= 0.6 is 0 Å². The molecule has 1 heterocycles. The van der Waals surface area contributed by atoms with E-state index in [1.165, 1.54) is 4.90 Å². The number of amides is 2. The molecule has 0 aromatic heterocycles. The molecule has 5 nitrogen and oxygen atoms in total. The Bertz CT molecular complexity index is 710. The summed E-state index contributed by atoms with van der Waals surface area (Å²) >= 11 is 0. The lowest BCUT2D eigenvalue weighted by molar-refractivity contribution is -0.120. The summed E-state index contributed by atoms with van der Waals surface area (Å²) in [5, 5.41) is 5.86. The number of para-hydroxylation sites is 2. The molecule has 5 heteroatoms. The van der Waals surface area contributed by atoms with Crippen molar-refractivity contribution in [3.05, 3.63) is 54.1 Å². The first kappa shape index (κ1) is 14.1. The SMILES string of the molecule is Cc1ccc(NC(=O)CN2C(=O)CNc3ccccc32)cc1. The summed E-state index contributed by atoms with van der Waals surface area (Å²) in [4.78, 5) is 25.8. The van der Waals surface area contributed by atoms with Crippen molar-refractivity contribution in [2.45, 2.75) is 6.92 Å². The molecule has 1 aliphatic heterocycles.